The third-order valence-electron chi connectivity index (χ3n) is 4.47. The first-order chi connectivity index (χ1) is 11.3. The van der Waals surface area contributed by atoms with Crippen LogP contribution in [-0.4, -0.2) is 11.7 Å². The van der Waals surface area contributed by atoms with Gasteiger partial charge in [0.15, 0.2) is 0 Å². The fourth-order valence-electron chi connectivity index (χ4n) is 2.81. The van der Waals surface area contributed by atoms with E-state index in [9.17, 15) is 0 Å². The lowest BCUT2D eigenvalue weighted by Crippen LogP contribution is -1.83. The van der Waals surface area contributed by atoms with Gasteiger partial charge in [0.25, 0.3) is 0 Å². The van der Waals surface area contributed by atoms with Crippen molar-refractivity contribution < 1.29 is 5.11 Å². The number of aliphatic hydroxyl groups is 1. The summed E-state index contributed by atoms with van der Waals surface area (Å²) in [5.41, 5.74) is 0. The Bertz CT molecular complexity index is 149. The maximum atomic E-state index is 8.51. The van der Waals surface area contributed by atoms with Crippen molar-refractivity contribution in [1.29, 1.82) is 0 Å². The molecule has 142 valence electrons. The molecule has 0 aliphatic heterocycles. The highest BCUT2D eigenvalue weighted by molar-refractivity contribution is 4.46. The van der Waals surface area contributed by atoms with Gasteiger partial charge in [0.2, 0.25) is 0 Å². The van der Waals surface area contributed by atoms with Gasteiger partial charge in [-0.05, 0) is 6.42 Å². The highest BCUT2D eigenvalue weighted by Crippen LogP contribution is 2.10. The highest BCUT2D eigenvalue weighted by atomic mass is 16.2. The van der Waals surface area contributed by atoms with Gasteiger partial charge in [0.1, 0.15) is 0 Å². The molecular weight excluding hydrogens is 280 g/mol. The van der Waals surface area contributed by atoms with E-state index in [0.717, 1.165) is 6.42 Å². The molecule has 0 fully saturated rings. The number of hydrogen-bond donors (Lipinski definition) is 1. The first-order valence-electron chi connectivity index (χ1n) is 10.9. The lowest BCUT2D eigenvalue weighted by molar-refractivity contribution is 0.282. The van der Waals surface area contributed by atoms with Crippen LogP contribution in [0.15, 0.2) is 0 Å². The van der Waals surface area contributed by atoms with Crippen molar-refractivity contribution in [2.24, 2.45) is 0 Å². The largest absolute Gasteiger partial charge is 0.396 e. The van der Waals surface area contributed by atoms with Crippen molar-refractivity contribution in [1.82, 2.24) is 0 Å². The Balaban J connectivity index is 0. The average molecular weight is 329 g/mol. The van der Waals surface area contributed by atoms with Crippen LogP contribution in [0.25, 0.3) is 0 Å². The Kier molecular flexibility index (Phi) is 29.4. The number of rotatable bonds is 17. The van der Waals surface area contributed by atoms with E-state index in [4.69, 9.17) is 5.11 Å². The molecule has 0 heterocycles. The molecule has 0 amide bonds. The highest BCUT2D eigenvalue weighted by Gasteiger charge is 1.90. The molecule has 1 N–H and O–H groups in total. The number of unbranched alkanes of at least 4 members (excludes halogenated alkanes) is 16. The van der Waals surface area contributed by atoms with Crippen LogP contribution in [0.1, 0.15) is 136 Å². The van der Waals surface area contributed by atoms with Crippen LogP contribution in [0.3, 0.4) is 0 Å². The molecule has 0 aromatic heterocycles. The van der Waals surface area contributed by atoms with Crippen LogP contribution >= 0.6 is 0 Å². The molecule has 0 rings (SSSR count). The molecule has 0 spiro atoms. The van der Waals surface area contributed by atoms with Gasteiger partial charge < -0.3 is 5.11 Å². The van der Waals surface area contributed by atoms with E-state index in [1.807, 2.05) is 0 Å². The van der Waals surface area contributed by atoms with Crippen LogP contribution in [-0.2, 0) is 0 Å². The topological polar surface area (TPSA) is 20.2 Å². The minimum Gasteiger partial charge on any atom is -0.396 e. The maximum absolute atomic E-state index is 8.51. The second kappa shape index (κ2) is 26.8. The van der Waals surface area contributed by atoms with E-state index in [1.54, 1.807) is 0 Å². The van der Waals surface area contributed by atoms with E-state index in [-0.39, 0.29) is 0 Å². The molecule has 0 aliphatic carbocycles. The fraction of sp³-hybridized carbons (Fsp3) is 1.00. The van der Waals surface area contributed by atoms with Crippen LogP contribution in [0.4, 0.5) is 0 Å². The third-order valence-corrected chi connectivity index (χ3v) is 4.47. The summed E-state index contributed by atoms with van der Waals surface area (Å²) in [4.78, 5) is 0. The molecule has 0 atom stereocenters. The molecule has 0 aromatic rings. The first-order valence-corrected chi connectivity index (χ1v) is 10.9. The second-order valence-electron chi connectivity index (χ2n) is 7.03. The predicted molar refractivity (Wildman–Crippen MR) is 107 cm³/mol. The van der Waals surface area contributed by atoms with Crippen LogP contribution in [0, 0.1) is 0 Å². The zero-order valence-electron chi connectivity index (χ0n) is 16.9. The molecule has 1 nitrogen and oxygen atoms in total. The Hall–Kier alpha value is -0.0400. The molecule has 0 saturated carbocycles. The van der Waals surface area contributed by atoms with Crippen LogP contribution in [0.2, 0.25) is 0 Å². The van der Waals surface area contributed by atoms with Crippen LogP contribution < -0.4 is 0 Å². The van der Waals surface area contributed by atoms with Crippen LogP contribution in [0.5, 0.6) is 0 Å². The number of hydrogen-bond acceptors (Lipinski definition) is 1. The summed E-state index contributed by atoms with van der Waals surface area (Å²) in [6, 6.07) is 0. The van der Waals surface area contributed by atoms with Gasteiger partial charge in [-0.2, -0.15) is 0 Å². The Labute approximate surface area is 148 Å². The van der Waals surface area contributed by atoms with E-state index in [0.29, 0.717) is 6.61 Å². The predicted octanol–water partition coefficient (Wildman–Crippen LogP) is 8.05. The molecule has 0 unspecified atom stereocenters. The van der Waals surface area contributed by atoms with Crippen molar-refractivity contribution in [3.8, 4) is 0 Å². The molecule has 0 aromatic carbocycles. The van der Waals surface area contributed by atoms with E-state index in [1.165, 1.54) is 109 Å². The van der Waals surface area contributed by atoms with Gasteiger partial charge in [-0.25, -0.2) is 0 Å². The molecule has 23 heavy (non-hydrogen) atoms. The molecule has 1 heteroatoms. The van der Waals surface area contributed by atoms with E-state index < -0.39 is 0 Å². The van der Waals surface area contributed by atoms with Crippen molar-refractivity contribution in [3.63, 3.8) is 0 Å². The number of aliphatic hydroxyl groups excluding tert-OH is 1. The standard InChI is InChI=1S/C12H26.C10H22O/c1-3-5-7-9-11-12-10-8-6-4-2;1-2-3-4-5-6-7-8-9-10-11/h3-12H2,1-2H3;11H,2-10H2,1H3. The van der Waals surface area contributed by atoms with Gasteiger partial charge in [-0.3, -0.25) is 0 Å². The summed E-state index contributed by atoms with van der Waals surface area (Å²) < 4.78 is 0. The molecule has 0 saturated heterocycles. The molecular formula is C22H48O. The lowest BCUT2D eigenvalue weighted by atomic mass is 10.1. The second-order valence-corrected chi connectivity index (χ2v) is 7.03. The van der Waals surface area contributed by atoms with E-state index in [2.05, 4.69) is 20.8 Å². The summed E-state index contributed by atoms with van der Waals surface area (Å²) in [6.45, 7) is 7.17. The smallest absolute Gasteiger partial charge is 0.0431 e. The average Bonchev–Trinajstić information content (AvgIpc) is 2.57. The Morgan fingerprint density at radius 2 is 0.565 bits per heavy atom. The Morgan fingerprint density at radius 3 is 0.783 bits per heavy atom. The van der Waals surface area contributed by atoms with Crippen molar-refractivity contribution in [2.45, 2.75) is 136 Å². The van der Waals surface area contributed by atoms with E-state index >= 15 is 0 Å². The molecule has 0 aliphatic rings. The summed E-state index contributed by atoms with van der Waals surface area (Å²) in [5.74, 6) is 0. The molecule has 0 bridgehead atoms. The Morgan fingerprint density at radius 1 is 0.348 bits per heavy atom. The lowest BCUT2D eigenvalue weighted by Gasteiger charge is -1.99. The fourth-order valence-corrected chi connectivity index (χ4v) is 2.81. The summed E-state index contributed by atoms with van der Waals surface area (Å²) in [7, 11) is 0. The normalized spacial score (nSPS) is 10.4. The summed E-state index contributed by atoms with van der Waals surface area (Å²) in [6.07, 6.45) is 24.8. The van der Waals surface area contributed by atoms with Crippen molar-refractivity contribution in [2.75, 3.05) is 6.61 Å². The monoisotopic (exact) mass is 328 g/mol. The first kappa shape index (κ1) is 25.2. The van der Waals surface area contributed by atoms with Gasteiger partial charge in [-0.1, -0.05) is 130 Å². The van der Waals surface area contributed by atoms with Gasteiger partial charge >= 0.3 is 0 Å². The van der Waals surface area contributed by atoms with Crippen molar-refractivity contribution >= 4 is 0 Å². The zero-order valence-corrected chi connectivity index (χ0v) is 16.9. The maximum Gasteiger partial charge on any atom is 0.0431 e. The third kappa shape index (κ3) is 30.4. The summed E-state index contributed by atoms with van der Waals surface area (Å²) >= 11 is 0. The quantitative estimate of drug-likeness (QED) is 0.268. The zero-order chi connectivity index (χ0) is 17.4. The minimum atomic E-state index is 0.370. The van der Waals surface area contributed by atoms with Gasteiger partial charge in [0.05, 0.1) is 0 Å². The minimum absolute atomic E-state index is 0.370. The van der Waals surface area contributed by atoms with Crippen molar-refractivity contribution in [3.05, 3.63) is 0 Å². The van der Waals surface area contributed by atoms with Gasteiger partial charge in [0, 0.05) is 6.61 Å². The van der Waals surface area contributed by atoms with Gasteiger partial charge in [-0.15, -0.1) is 0 Å². The molecule has 0 radical (unpaired) electrons. The SMILES string of the molecule is CCCCCCCCCCCC.CCCCCCCCCCO. The summed E-state index contributed by atoms with van der Waals surface area (Å²) in [5, 5.41) is 8.51.